The summed E-state index contributed by atoms with van der Waals surface area (Å²) in [6, 6.07) is 8.55. The van der Waals surface area contributed by atoms with E-state index in [9.17, 15) is 18.4 Å². The molecule has 0 aliphatic heterocycles. The van der Waals surface area contributed by atoms with Gasteiger partial charge in [0.25, 0.3) is 11.5 Å². The quantitative estimate of drug-likeness (QED) is 0.591. The first kappa shape index (κ1) is 17.8. The molecule has 4 rings (SSSR count). The summed E-state index contributed by atoms with van der Waals surface area (Å²) >= 11 is 0. The normalized spacial score (nSPS) is 12.4. The maximum Gasteiger partial charge on any atom is 0.272 e. The van der Waals surface area contributed by atoms with Crippen LogP contribution in [-0.4, -0.2) is 32.5 Å². The largest absolute Gasteiger partial charge is 0.333 e. The molecule has 0 radical (unpaired) electrons. The molecule has 1 N–H and O–H groups in total. The predicted molar refractivity (Wildman–Crippen MR) is 100 cm³/mol. The molecule has 0 fully saturated rings. The van der Waals surface area contributed by atoms with Gasteiger partial charge in [-0.05, 0) is 37.3 Å². The molecule has 1 amide bonds. The lowest BCUT2D eigenvalue weighted by Gasteiger charge is -2.24. The Labute approximate surface area is 158 Å². The standard InChI is InChI=1S/C20H16F2N4O2/c1-11(18-14-8-16(21)17(22)9-15(14)19(27)24-23-18)25(2)20(28)12-7-13-5-3-4-6-26(13)10-12/h3-11H,1-2H3,(H,24,27). The second-order valence-corrected chi connectivity index (χ2v) is 6.60. The zero-order valence-electron chi connectivity index (χ0n) is 15.1. The molecule has 142 valence electrons. The Morgan fingerprint density at radius 3 is 2.61 bits per heavy atom. The van der Waals surface area contributed by atoms with Crippen LogP contribution in [0, 0.1) is 11.6 Å². The van der Waals surface area contributed by atoms with Crippen molar-refractivity contribution in [1.29, 1.82) is 0 Å². The summed E-state index contributed by atoms with van der Waals surface area (Å²) in [5, 5.41) is 6.42. The van der Waals surface area contributed by atoms with Crippen LogP contribution >= 0.6 is 0 Å². The lowest BCUT2D eigenvalue weighted by molar-refractivity contribution is 0.0740. The van der Waals surface area contributed by atoms with Gasteiger partial charge in [-0.25, -0.2) is 13.9 Å². The van der Waals surface area contributed by atoms with E-state index in [0.717, 1.165) is 17.6 Å². The van der Waals surface area contributed by atoms with Crippen LogP contribution in [0.2, 0.25) is 0 Å². The summed E-state index contributed by atoms with van der Waals surface area (Å²) in [6.07, 6.45) is 3.55. The van der Waals surface area contributed by atoms with E-state index in [0.29, 0.717) is 5.56 Å². The molecular weight excluding hydrogens is 366 g/mol. The molecule has 1 unspecified atom stereocenters. The summed E-state index contributed by atoms with van der Waals surface area (Å²) in [4.78, 5) is 26.3. The highest BCUT2D eigenvalue weighted by Crippen LogP contribution is 2.26. The number of hydrogen-bond donors (Lipinski definition) is 1. The fourth-order valence-corrected chi connectivity index (χ4v) is 3.23. The van der Waals surface area contributed by atoms with Gasteiger partial charge < -0.3 is 9.30 Å². The molecule has 1 aromatic carbocycles. The molecule has 3 heterocycles. The van der Waals surface area contributed by atoms with E-state index in [4.69, 9.17) is 0 Å². The molecule has 0 saturated carbocycles. The van der Waals surface area contributed by atoms with Crippen molar-refractivity contribution in [2.75, 3.05) is 7.05 Å². The molecule has 6 nitrogen and oxygen atoms in total. The molecular formula is C20H16F2N4O2. The Kier molecular flexibility index (Phi) is 4.18. The number of aromatic nitrogens is 3. The Bertz CT molecular complexity index is 1250. The monoisotopic (exact) mass is 382 g/mol. The highest BCUT2D eigenvalue weighted by Gasteiger charge is 2.24. The zero-order chi connectivity index (χ0) is 20.0. The fraction of sp³-hybridized carbons (Fsp3) is 0.150. The second kappa shape index (κ2) is 6.56. The molecule has 4 aromatic rings. The van der Waals surface area contributed by atoms with Crippen LogP contribution < -0.4 is 5.56 Å². The van der Waals surface area contributed by atoms with Crippen molar-refractivity contribution in [1.82, 2.24) is 19.5 Å². The van der Waals surface area contributed by atoms with E-state index < -0.39 is 23.2 Å². The van der Waals surface area contributed by atoms with Gasteiger partial charge in [-0.15, -0.1) is 0 Å². The number of pyridine rings is 1. The molecule has 0 spiro atoms. The molecule has 3 aromatic heterocycles. The first-order valence-electron chi connectivity index (χ1n) is 8.58. The third kappa shape index (κ3) is 2.83. The highest BCUT2D eigenvalue weighted by molar-refractivity contribution is 5.96. The molecule has 28 heavy (non-hydrogen) atoms. The Morgan fingerprint density at radius 2 is 1.89 bits per heavy atom. The van der Waals surface area contributed by atoms with Crippen LogP contribution in [0.4, 0.5) is 8.78 Å². The lowest BCUT2D eigenvalue weighted by Crippen LogP contribution is -2.31. The smallest absolute Gasteiger partial charge is 0.272 e. The zero-order valence-corrected chi connectivity index (χ0v) is 15.1. The number of nitrogens with zero attached hydrogens (tertiary/aromatic N) is 3. The number of carbonyl (C=O) groups is 1. The Hall–Kier alpha value is -3.55. The van der Waals surface area contributed by atoms with Crippen LogP contribution in [0.15, 0.2) is 53.6 Å². The molecule has 1 atom stereocenters. The summed E-state index contributed by atoms with van der Waals surface area (Å²) < 4.78 is 29.2. The Balaban J connectivity index is 1.75. The van der Waals surface area contributed by atoms with Crippen molar-refractivity contribution >= 4 is 22.2 Å². The van der Waals surface area contributed by atoms with Gasteiger partial charge in [0, 0.05) is 30.3 Å². The van der Waals surface area contributed by atoms with Gasteiger partial charge >= 0.3 is 0 Å². The SMILES string of the molecule is CC(c1n[nH]c(=O)c2cc(F)c(F)cc12)N(C)C(=O)c1cc2ccccn2c1. The minimum Gasteiger partial charge on any atom is -0.333 e. The number of benzene rings is 1. The van der Waals surface area contributed by atoms with Crippen LogP contribution in [-0.2, 0) is 0 Å². The Morgan fingerprint density at radius 1 is 1.18 bits per heavy atom. The second-order valence-electron chi connectivity index (χ2n) is 6.60. The molecule has 8 heteroatoms. The first-order chi connectivity index (χ1) is 13.4. The van der Waals surface area contributed by atoms with Crippen LogP contribution in [0.3, 0.4) is 0 Å². The van der Waals surface area contributed by atoms with Crippen molar-refractivity contribution < 1.29 is 13.6 Å². The number of rotatable bonds is 3. The van der Waals surface area contributed by atoms with Gasteiger partial charge in [-0.2, -0.15) is 5.10 Å². The molecule has 0 aliphatic rings. The van der Waals surface area contributed by atoms with Gasteiger partial charge in [-0.3, -0.25) is 9.59 Å². The van der Waals surface area contributed by atoms with E-state index in [-0.39, 0.29) is 22.4 Å². The number of nitrogens with one attached hydrogen (secondary N) is 1. The van der Waals surface area contributed by atoms with Crippen LogP contribution in [0.5, 0.6) is 0 Å². The van der Waals surface area contributed by atoms with Gasteiger partial charge in [0.05, 0.1) is 22.7 Å². The predicted octanol–water partition coefficient (Wildman–Crippen LogP) is 3.29. The average molecular weight is 382 g/mol. The van der Waals surface area contributed by atoms with E-state index in [1.807, 2.05) is 28.8 Å². The number of hydrogen-bond acceptors (Lipinski definition) is 3. The maximum atomic E-state index is 13.8. The van der Waals surface area contributed by atoms with Crippen molar-refractivity contribution in [3.05, 3.63) is 82.0 Å². The number of amides is 1. The summed E-state index contributed by atoms with van der Waals surface area (Å²) in [5.41, 5.74) is 0.995. The van der Waals surface area contributed by atoms with Crippen molar-refractivity contribution in [2.24, 2.45) is 0 Å². The summed E-state index contributed by atoms with van der Waals surface area (Å²) in [5.74, 6) is -2.46. The summed E-state index contributed by atoms with van der Waals surface area (Å²) in [6.45, 7) is 1.70. The third-order valence-corrected chi connectivity index (χ3v) is 4.91. The number of fused-ring (bicyclic) bond motifs is 2. The molecule has 0 bridgehead atoms. The van der Waals surface area contributed by atoms with Crippen LogP contribution in [0.25, 0.3) is 16.3 Å². The van der Waals surface area contributed by atoms with E-state index in [1.165, 1.54) is 4.90 Å². The third-order valence-electron chi connectivity index (χ3n) is 4.91. The lowest BCUT2D eigenvalue weighted by atomic mass is 10.1. The number of carbonyl (C=O) groups excluding carboxylic acids is 1. The maximum absolute atomic E-state index is 13.8. The van der Waals surface area contributed by atoms with Gasteiger partial charge in [-0.1, -0.05) is 6.07 Å². The van der Waals surface area contributed by atoms with E-state index >= 15 is 0 Å². The van der Waals surface area contributed by atoms with Crippen molar-refractivity contribution in [3.63, 3.8) is 0 Å². The van der Waals surface area contributed by atoms with Gasteiger partial charge in [0.2, 0.25) is 0 Å². The minimum absolute atomic E-state index is 0.0220. The average Bonchev–Trinajstić information content (AvgIpc) is 3.12. The molecule has 0 saturated heterocycles. The van der Waals surface area contributed by atoms with Crippen LogP contribution in [0.1, 0.15) is 29.0 Å². The van der Waals surface area contributed by atoms with Gasteiger partial charge in [0.15, 0.2) is 11.6 Å². The summed E-state index contributed by atoms with van der Waals surface area (Å²) in [7, 11) is 1.59. The van der Waals surface area contributed by atoms with Gasteiger partial charge in [0.1, 0.15) is 0 Å². The molecule has 0 aliphatic carbocycles. The van der Waals surface area contributed by atoms with E-state index in [2.05, 4.69) is 10.2 Å². The van der Waals surface area contributed by atoms with Crippen molar-refractivity contribution in [2.45, 2.75) is 13.0 Å². The van der Waals surface area contributed by atoms with E-state index in [1.54, 1.807) is 26.2 Å². The number of halogens is 2. The fourth-order valence-electron chi connectivity index (χ4n) is 3.23. The minimum atomic E-state index is -1.12. The highest BCUT2D eigenvalue weighted by atomic mass is 19.2. The first-order valence-corrected chi connectivity index (χ1v) is 8.58. The number of H-pyrrole nitrogens is 1. The topological polar surface area (TPSA) is 70.5 Å². The van der Waals surface area contributed by atoms with Crippen molar-refractivity contribution in [3.8, 4) is 0 Å². The number of aromatic amines is 1.